The molecule has 0 spiro atoms. The SMILES string of the molecule is NC1=C(N2CCOCC2)Oc2c(Cc3ccccc3)cccc2C1C=O. The summed E-state index contributed by atoms with van der Waals surface area (Å²) in [6.45, 7) is 2.67. The summed E-state index contributed by atoms with van der Waals surface area (Å²) >= 11 is 0. The number of morpholine rings is 1. The van der Waals surface area contributed by atoms with Crippen LogP contribution in [0.5, 0.6) is 5.75 Å². The number of carbonyl (C=O) groups excluding carboxylic acids is 1. The third kappa shape index (κ3) is 3.06. The van der Waals surface area contributed by atoms with E-state index in [-0.39, 0.29) is 0 Å². The first-order valence-electron chi connectivity index (χ1n) is 8.89. The van der Waals surface area contributed by atoms with Gasteiger partial charge in [-0.05, 0) is 11.1 Å². The predicted molar refractivity (Wildman–Crippen MR) is 98.7 cm³/mol. The van der Waals surface area contributed by atoms with E-state index in [0.717, 1.165) is 29.6 Å². The highest BCUT2D eigenvalue weighted by Crippen LogP contribution is 2.40. The fourth-order valence-corrected chi connectivity index (χ4v) is 3.55. The van der Waals surface area contributed by atoms with Gasteiger partial charge >= 0.3 is 0 Å². The van der Waals surface area contributed by atoms with Gasteiger partial charge < -0.3 is 24.9 Å². The molecule has 1 atom stereocenters. The van der Waals surface area contributed by atoms with Crippen molar-refractivity contribution in [3.63, 3.8) is 0 Å². The maximum atomic E-state index is 11.8. The number of hydrogen-bond donors (Lipinski definition) is 1. The maximum Gasteiger partial charge on any atom is 0.216 e. The van der Waals surface area contributed by atoms with E-state index in [1.165, 1.54) is 5.56 Å². The Morgan fingerprint density at radius 2 is 1.85 bits per heavy atom. The molecule has 5 nitrogen and oxygen atoms in total. The molecule has 26 heavy (non-hydrogen) atoms. The maximum absolute atomic E-state index is 11.8. The van der Waals surface area contributed by atoms with Crippen LogP contribution in [0.4, 0.5) is 0 Å². The number of fused-ring (bicyclic) bond motifs is 1. The Labute approximate surface area is 153 Å². The molecule has 2 aromatic rings. The lowest BCUT2D eigenvalue weighted by Gasteiger charge is -2.36. The third-order valence-corrected chi connectivity index (χ3v) is 4.91. The fraction of sp³-hybridized carbons (Fsp3) is 0.286. The van der Waals surface area contributed by atoms with Crippen LogP contribution in [0.1, 0.15) is 22.6 Å². The van der Waals surface area contributed by atoms with Crippen LogP contribution in [0.25, 0.3) is 0 Å². The number of aldehydes is 1. The van der Waals surface area contributed by atoms with E-state index < -0.39 is 5.92 Å². The number of allylic oxidation sites excluding steroid dienone is 1. The first-order valence-corrected chi connectivity index (χ1v) is 8.89. The molecule has 0 amide bonds. The first-order chi connectivity index (χ1) is 12.8. The average Bonchev–Trinajstić information content (AvgIpc) is 2.69. The quantitative estimate of drug-likeness (QED) is 0.858. The summed E-state index contributed by atoms with van der Waals surface area (Å²) in [5, 5.41) is 0. The summed E-state index contributed by atoms with van der Waals surface area (Å²) in [6, 6.07) is 16.2. The topological polar surface area (TPSA) is 64.8 Å². The summed E-state index contributed by atoms with van der Waals surface area (Å²) < 4.78 is 11.7. The van der Waals surface area contributed by atoms with Crippen LogP contribution >= 0.6 is 0 Å². The average molecular weight is 350 g/mol. The van der Waals surface area contributed by atoms with E-state index >= 15 is 0 Å². The minimum Gasteiger partial charge on any atom is -0.439 e. The molecule has 2 heterocycles. The molecule has 0 aromatic heterocycles. The number of carbonyl (C=O) groups is 1. The van der Waals surface area contributed by atoms with E-state index in [9.17, 15) is 4.79 Å². The standard InChI is InChI=1S/C21H22N2O3/c22-19-18(14-24)17-8-4-7-16(13-15-5-2-1-3-6-15)20(17)26-21(19)23-9-11-25-12-10-23/h1-8,14,18H,9-13,22H2. The van der Waals surface area contributed by atoms with Gasteiger partial charge in [0, 0.05) is 25.1 Å². The number of nitrogens with two attached hydrogens (primary N) is 1. The Morgan fingerprint density at radius 1 is 1.08 bits per heavy atom. The molecule has 134 valence electrons. The molecule has 2 aromatic carbocycles. The van der Waals surface area contributed by atoms with Crippen LogP contribution in [0.15, 0.2) is 60.1 Å². The molecule has 1 saturated heterocycles. The van der Waals surface area contributed by atoms with Gasteiger partial charge in [0.25, 0.3) is 0 Å². The number of nitrogens with zero attached hydrogens (tertiary/aromatic N) is 1. The minimum absolute atomic E-state index is 0.478. The van der Waals surface area contributed by atoms with Gasteiger partial charge in [-0.2, -0.15) is 0 Å². The lowest BCUT2D eigenvalue weighted by molar-refractivity contribution is -0.108. The third-order valence-electron chi connectivity index (χ3n) is 4.91. The zero-order chi connectivity index (χ0) is 17.9. The van der Waals surface area contributed by atoms with Crippen molar-refractivity contribution in [2.45, 2.75) is 12.3 Å². The highest BCUT2D eigenvalue weighted by Gasteiger charge is 2.32. The second-order valence-corrected chi connectivity index (χ2v) is 6.57. The second kappa shape index (κ2) is 7.22. The number of benzene rings is 2. The molecule has 2 aliphatic heterocycles. The van der Waals surface area contributed by atoms with E-state index in [1.807, 2.05) is 36.4 Å². The zero-order valence-electron chi connectivity index (χ0n) is 14.6. The van der Waals surface area contributed by atoms with Crippen molar-refractivity contribution >= 4 is 6.29 Å². The van der Waals surface area contributed by atoms with Crippen LogP contribution in [-0.4, -0.2) is 37.5 Å². The number of rotatable bonds is 4. The van der Waals surface area contributed by atoms with Gasteiger partial charge in [0.05, 0.1) is 24.8 Å². The highest BCUT2D eigenvalue weighted by molar-refractivity contribution is 5.71. The number of para-hydroxylation sites is 1. The summed E-state index contributed by atoms with van der Waals surface area (Å²) in [7, 11) is 0. The molecule has 5 heteroatoms. The Bertz CT molecular complexity index is 826. The van der Waals surface area contributed by atoms with Crippen LogP contribution in [-0.2, 0) is 16.0 Å². The van der Waals surface area contributed by atoms with Crippen molar-refractivity contribution in [2.24, 2.45) is 5.73 Å². The van der Waals surface area contributed by atoms with E-state index in [2.05, 4.69) is 17.0 Å². The van der Waals surface area contributed by atoms with Crippen molar-refractivity contribution in [3.8, 4) is 5.75 Å². The minimum atomic E-state index is -0.479. The van der Waals surface area contributed by atoms with Crippen molar-refractivity contribution in [2.75, 3.05) is 26.3 Å². The Kier molecular flexibility index (Phi) is 4.63. The first kappa shape index (κ1) is 16.7. The molecule has 1 fully saturated rings. The van der Waals surface area contributed by atoms with Crippen molar-refractivity contribution < 1.29 is 14.3 Å². The Morgan fingerprint density at radius 3 is 2.58 bits per heavy atom. The number of hydrogen-bond acceptors (Lipinski definition) is 5. The lowest BCUT2D eigenvalue weighted by atomic mass is 9.90. The molecule has 2 N–H and O–H groups in total. The molecule has 1 unspecified atom stereocenters. The molecule has 0 radical (unpaired) electrons. The summed E-state index contributed by atoms with van der Waals surface area (Å²) in [6.07, 6.45) is 1.65. The van der Waals surface area contributed by atoms with Gasteiger partial charge in [-0.15, -0.1) is 0 Å². The summed E-state index contributed by atoms with van der Waals surface area (Å²) in [5.41, 5.74) is 9.89. The molecule has 0 bridgehead atoms. The van der Waals surface area contributed by atoms with Gasteiger partial charge in [-0.1, -0.05) is 48.5 Å². The van der Waals surface area contributed by atoms with Gasteiger partial charge in [0.2, 0.25) is 5.88 Å². The smallest absolute Gasteiger partial charge is 0.216 e. The van der Waals surface area contributed by atoms with Crippen LogP contribution in [0, 0.1) is 0 Å². The van der Waals surface area contributed by atoms with Crippen LogP contribution in [0.3, 0.4) is 0 Å². The Balaban J connectivity index is 1.72. The van der Waals surface area contributed by atoms with E-state index in [4.69, 9.17) is 15.2 Å². The van der Waals surface area contributed by atoms with Crippen LogP contribution < -0.4 is 10.5 Å². The zero-order valence-corrected chi connectivity index (χ0v) is 14.6. The molecule has 0 aliphatic carbocycles. The summed E-state index contributed by atoms with van der Waals surface area (Å²) in [5.74, 6) is 0.870. The number of ether oxygens (including phenoxy) is 2. The van der Waals surface area contributed by atoms with Crippen molar-refractivity contribution in [3.05, 3.63) is 76.8 Å². The van der Waals surface area contributed by atoms with Gasteiger partial charge in [0.15, 0.2) is 0 Å². The second-order valence-electron chi connectivity index (χ2n) is 6.57. The van der Waals surface area contributed by atoms with Crippen molar-refractivity contribution in [1.82, 2.24) is 4.90 Å². The molecule has 4 rings (SSSR count). The Hall–Kier alpha value is -2.79. The van der Waals surface area contributed by atoms with Gasteiger partial charge in [0.1, 0.15) is 12.0 Å². The van der Waals surface area contributed by atoms with Gasteiger partial charge in [-0.25, -0.2) is 0 Å². The summed E-state index contributed by atoms with van der Waals surface area (Å²) in [4.78, 5) is 13.9. The van der Waals surface area contributed by atoms with E-state index in [1.54, 1.807) is 0 Å². The highest BCUT2D eigenvalue weighted by atomic mass is 16.5. The predicted octanol–water partition coefficient (Wildman–Crippen LogP) is 2.41. The molecule has 0 saturated carbocycles. The normalized spacial score (nSPS) is 19.7. The molecule has 2 aliphatic rings. The fourth-order valence-electron chi connectivity index (χ4n) is 3.55. The largest absolute Gasteiger partial charge is 0.439 e. The molecular formula is C21H22N2O3. The monoisotopic (exact) mass is 350 g/mol. The van der Waals surface area contributed by atoms with Gasteiger partial charge in [-0.3, -0.25) is 0 Å². The lowest BCUT2D eigenvalue weighted by Crippen LogP contribution is -2.41. The van der Waals surface area contributed by atoms with Crippen molar-refractivity contribution in [1.29, 1.82) is 0 Å². The van der Waals surface area contributed by atoms with E-state index in [0.29, 0.717) is 37.9 Å². The van der Waals surface area contributed by atoms with Crippen LogP contribution in [0.2, 0.25) is 0 Å². The molecular weight excluding hydrogens is 328 g/mol.